The van der Waals surface area contributed by atoms with Gasteiger partial charge >= 0.3 is 6.03 Å². The molecule has 1 aliphatic heterocycles. The zero-order valence-corrected chi connectivity index (χ0v) is 32.8. The number of amides is 5. The Balaban J connectivity index is 2.43. The van der Waals surface area contributed by atoms with Gasteiger partial charge < -0.3 is 26.2 Å². The maximum absolute atomic E-state index is 14.7. The fourth-order valence-corrected chi connectivity index (χ4v) is 8.02. The highest BCUT2D eigenvalue weighted by Crippen LogP contribution is 2.39. The highest BCUT2D eigenvalue weighted by Gasteiger charge is 2.47. The predicted molar refractivity (Wildman–Crippen MR) is 197 cm³/mol. The number of nitrogens with one attached hydrogen (secondary N) is 4. The van der Waals surface area contributed by atoms with E-state index in [0.29, 0.717) is 12.8 Å². The molecule has 1 saturated carbocycles. The van der Waals surface area contributed by atoms with Gasteiger partial charge in [0.2, 0.25) is 17.6 Å². The van der Waals surface area contributed by atoms with Crippen LogP contribution in [-0.4, -0.2) is 90.6 Å². The number of urea groups is 1. The quantitative estimate of drug-likeness (QED) is 0.136. The van der Waals surface area contributed by atoms with E-state index in [1.54, 1.807) is 25.7 Å². The first-order valence-electron chi connectivity index (χ1n) is 18.5. The Kier molecular flexibility index (Phi) is 16.0. The normalized spacial score (nSPS) is 21.8. The zero-order valence-electron chi connectivity index (χ0n) is 32.0. The van der Waals surface area contributed by atoms with Crippen LogP contribution >= 0.6 is 0 Å². The second-order valence-corrected chi connectivity index (χ2v) is 19.2. The number of carbonyl (C=O) groups excluding carboxylic acids is 5. The number of hydrogen-bond donors (Lipinski definition) is 4. The number of hydrogen-bond acceptors (Lipinski definition) is 7. The maximum atomic E-state index is 14.7. The van der Waals surface area contributed by atoms with Crippen molar-refractivity contribution in [2.75, 3.05) is 18.8 Å². The summed E-state index contributed by atoms with van der Waals surface area (Å²) in [4.78, 5) is 69.7. The smallest absolute Gasteiger partial charge is 0.315 e. The van der Waals surface area contributed by atoms with Crippen molar-refractivity contribution >= 4 is 39.4 Å². The number of carbonyl (C=O) groups is 5. The van der Waals surface area contributed by atoms with E-state index in [1.165, 1.54) is 6.08 Å². The molecule has 0 aromatic carbocycles. The zero-order chi connectivity index (χ0) is 38.0. The number of likely N-dealkylation sites (tertiary alicyclic amines) is 1. The van der Waals surface area contributed by atoms with Crippen molar-refractivity contribution in [2.24, 2.45) is 23.2 Å². The molecule has 5 amide bonds. The van der Waals surface area contributed by atoms with E-state index in [0.717, 1.165) is 38.5 Å². The molecular formula is C37H65N5O7S. The summed E-state index contributed by atoms with van der Waals surface area (Å²) in [6.07, 6.45) is 7.71. The van der Waals surface area contributed by atoms with Crippen molar-refractivity contribution in [1.82, 2.24) is 26.2 Å². The summed E-state index contributed by atoms with van der Waals surface area (Å²) in [5.74, 6) is -3.02. The van der Waals surface area contributed by atoms with E-state index >= 15 is 0 Å². The Labute approximate surface area is 301 Å². The number of ketones is 1. The second kappa shape index (κ2) is 18.5. The van der Waals surface area contributed by atoms with Crippen LogP contribution in [0.4, 0.5) is 4.79 Å². The van der Waals surface area contributed by atoms with Crippen molar-refractivity contribution in [3.05, 3.63) is 12.7 Å². The minimum absolute atomic E-state index is 0.0199. The molecule has 2 rings (SSSR count). The number of nitrogens with zero attached hydrogens (tertiary/aromatic N) is 1. The number of piperidine rings is 1. The van der Waals surface area contributed by atoms with Gasteiger partial charge in [-0.15, -0.1) is 6.58 Å². The summed E-state index contributed by atoms with van der Waals surface area (Å²) >= 11 is 0. The maximum Gasteiger partial charge on any atom is 0.315 e. The van der Waals surface area contributed by atoms with Gasteiger partial charge in [0.25, 0.3) is 5.91 Å². The average molecular weight is 724 g/mol. The van der Waals surface area contributed by atoms with Crippen molar-refractivity contribution in [3.8, 4) is 0 Å². The molecule has 13 heteroatoms. The van der Waals surface area contributed by atoms with E-state index in [-0.39, 0.29) is 54.3 Å². The van der Waals surface area contributed by atoms with Crippen molar-refractivity contribution in [1.29, 1.82) is 0 Å². The van der Waals surface area contributed by atoms with Crippen LogP contribution in [0.25, 0.3) is 0 Å². The highest BCUT2D eigenvalue weighted by atomic mass is 32.2. The molecule has 2 aliphatic rings. The van der Waals surface area contributed by atoms with Crippen LogP contribution in [0.5, 0.6) is 0 Å². The fraction of sp³-hybridized carbons (Fsp3) is 0.811. The molecule has 1 aliphatic carbocycles. The first-order valence-corrected chi connectivity index (χ1v) is 20.1. The van der Waals surface area contributed by atoms with Crippen LogP contribution in [0.3, 0.4) is 0 Å². The molecule has 286 valence electrons. The summed E-state index contributed by atoms with van der Waals surface area (Å²) in [6, 6.07) is -4.23. The van der Waals surface area contributed by atoms with E-state index in [1.807, 2.05) is 41.5 Å². The lowest BCUT2D eigenvalue weighted by molar-refractivity contribution is -0.150. The van der Waals surface area contributed by atoms with E-state index < -0.39 is 62.4 Å². The van der Waals surface area contributed by atoms with E-state index in [9.17, 15) is 32.4 Å². The van der Waals surface area contributed by atoms with Gasteiger partial charge in [-0.2, -0.15) is 0 Å². The SMILES string of the molecule is C=CCNC(=O)C(=O)C(CCCC)NC(=O)[C@@H]1CC(C)(C)C(C)CN1C(=O)[C@@H](NC(=O)N[C@H](CS(=O)(=O)C(C)(C)C)C(C)C)C1CCCCC1. The number of unbranched alkanes of at least 4 members (excludes halogenated alkanes) is 1. The van der Waals surface area contributed by atoms with Gasteiger partial charge in [0, 0.05) is 19.1 Å². The lowest BCUT2D eigenvalue weighted by atomic mass is 9.71. The van der Waals surface area contributed by atoms with Crippen LogP contribution in [-0.2, 0) is 29.0 Å². The van der Waals surface area contributed by atoms with Gasteiger partial charge in [0.05, 0.1) is 16.5 Å². The topological polar surface area (TPSA) is 171 Å². The standard InChI is InChI=1S/C37H65N5O7S/c1-11-13-19-27(31(43)33(45)38-20-12-2)39-32(44)29-21-37(9,10)25(5)22-42(29)34(46)30(26-17-15-14-16-18-26)41-35(47)40-28(24(3)4)23-50(48,49)36(6,7)8/h12,24-30H,2,11,13-23H2,1,3-10H3,(H,38,45)(H,39,44)(H2,40,41,47)/t25?,27?,28-,29+,30+/m1/s1. The van der Waals surface area contributed by atoms with Gasteiger partial charge in [-0.3, -0.25) is 19.2 Å². The fourth-order valence-electron chi connectivity index (χ4n) is 6.58. The third-order valence-electron chi connectivity index (χ3n) is 10.7. The van der Waals surface area contributed by atoms with Crippen LogP contribution in [0.15, 0.2) is 12.7 Å². The van der Waals surface area contributed by atoms with E-state index in [2.05, 4.69) is 27.8 Å². The summed E-state index contributed by atoms with van der Waals surface area (Å²) in [5.41, 5.74) is -0.322. The molecule has 0 aromatic heterocycles. The summed E-state index contributed by atoms with van der Waals surface area (Å²) in [7, 11) is -3.55. The average Bonchev–Trinajstić information content (AvgIpc) is 3.04. The highest BCUT2D eigenvalue weighted by molar-refractivity contribution is 7.92. The Morgan fingerprint density at radius 3 is 2.16 bits per heavy atom. The van der Waals surface area contributed by atoms with Gasteiger partial charge in [-0.25, -0.2) is 13.2 Å². The Bertz CT molecular complexity index is 1320. The van der Waals surface area contributed by atoms with Crippen LogP contribution in [0.2, 0.25) is 0 Å². The number of sulfone groups is 1. The van der Waals surface area contributed by atoms with E-state index in [4.69, 9.17) is 0 Å². The molecule has 2 fully saturated rings. The number of rotatable bonds is 16. The van der Waals surface area contributed by atoms with Gasteiger partial charge in [0.15, 0.2) is 9.84 Å². The predicted octanol–water partition coefficient (Wildman–Crippen LogP) is 4.28. The molecule has 0 bridgehead atoms. The largest absolute Gasteiger partial charge is 0.346 e. The lowest BCUT2D eigenvalue weighted by Crippen LogP contribution is -2.64. The molecule has 0 spiro atoms. The molecule has 0 aromatic rings. The molecular weight excluding hydrogens is 659 g/mol. The summed E-state index contributed by atoms with van der Waals surface area (Å²) in [5, 5.41) is 11.1. The molecule has 1 saturated heterocycles. The first kappa shape index (κ1) is 43.2. The van der Waals surface area contributed by atoms with Crippen LogP contribution in [0, 0.1) is 23.2 Å². The molecule has 5 atom stereocenters. The molecule has 0 radical (unpaired) electrons. The molecule has 12 nitrogen and oxygen atoms in total. The minimum atomic E-state index is -3.55. The Morgan fingerprint density at radius 2 is 1.62 bits per heavy atom. The summed E-state index contributed by atoms with van der Waals surface area (Å²) in [6.45, 7) is 20.6. The number of Topliss-reactive ketones (excluding diaryl/α,β-unsaturated/α-hetero) is 1. The Hall–Kier alpha value is -2.96. The lowest BCUT2D eigenvalue weighted by Gasteiger charge is -2.48. The summed E-state index contributed by atoms with van der Waals surface area (Å²) < 4.78 is 25.1. The monoisotopic (exact) mass is 723 g/mol. The third-order valence-corrected chi connectivity index (χ3v) is 13.4. The first-order chi connectivity index (χ1) is 23.2. The van der Waals surface area contributed by atoms with Crippen molar-refractivity contribution in [2.45, 2.75) is 149 Å². The molecule has 4 N–H and O–H groups in total. The molecule has 2 unspecified atom stereocenters. The van der Waals surface area contributed by atoms with Crippen molar-refractivity contribution in [3.63, 3.8) is 0 Å². The second-order valence-electron chi connectivity index (χ2n) is 16.4. The van der Waals surface area contributed by atoms with Crippen molar-refractivity contribution < 1.29 is 32.4 Å². The van der Waals surface area contributed by atoms with Crippen LogP contribution in [0.1, 0.15) is 120 Å². The molecule has 50 heavy (non-hydrogen) atoms. The van der Waals surface area contributed by atoms with Gasteiger partial charge in [0.1, 0.15) is 12.1 Å². The molecule has 1 heterocycles. The van der Waals surface area contributed by atoms with Gasteiger partial charge in [-0.05, 0) is 69.6 Å². The third kappa shape index (κ3) is 11.8. The van der Waals surface area contributed by atoms with Crippen LogP contribution < -0.4 is 21.3 Å². The minimum Gasteiger partial charge on any atom is -0.346 e. The van der Waals surface area contributed by atoms with Gasteiger partial charge in [-0.1, -0.05) is 79.7 Å². The Morgan fingerprint density at radius 1 is 1.00 bits per heavy atom.